The van der Waals surface area contributed by atoms with Gasteiger partial charge >= 0.3 is 39.5 Å². The van der Waals surface area contributed by atoms with Crippen LogP contribution in [0.2, 0.25) is 0 Å². The number of ether oxygens (including phenoxy) is 4. The minimum Gasteiger partial charge on any atom is -0.462 e. The van der Waals surface area contributed by atoms with Gasteiger partial charge in [-0.1, -0.05) is 319 Å². The Kier molecular flexibility index (Phi) is 62.2. The number of aliphatic hydroxyl groups excluding tert-OH is 1. The minimum absolute atomic E-state index is 0.105. The quantitative estimate of drug-likeness (QED) is 0.0222. The highest BCUT2D eigenvalue weighted by Gasteiger charge is 2.30. The zero-order chi connectivity index (χ0) is 68.9. The topological polar surface area (TPSA) is 237 Å². The molecule has 3 N–H and O–H groups in total. The monoisotopic (exact) mass is 1370 g/mol. The fourth-order valence-electron chi connectivity index (χ4n) is 11.1. The first kappa shape index (κ1) is 91.1. The summed E-state index contributed by atoms with van der Waals surface area (Å²) in [6.45, 7) is 14.2. The van der Waals surface area contributed by atoms with Crippen LogP contribution in [0, 0.1) is 23.7 Å². The fraction of sp³-hybridized carbons (Fsp3) is 0.946. The molecule has 7 atom stereocenters. The lowest BCUT2D eigenvalue weighted by Crippen LogP contribution is -2.30. The zero-order valence-electron chi connectivity index (χ0n) is 60.9. The fourth-order valence-corrected chi connectivity index (χ4v) is 12.7. The van der Waals surface area contributed by atoms with E-state index in [1.165, 1.54) is 167 Å². The van der Waals surface area contributed by atoms with E-state index in [0.29, 0.717) is 31.6 Å². The van der Waals surface area contributed by atoms with Crippen LogP contribution in [-0.4, -0.2) is 96.7 Å². The van der Waals surface area contributed by atoms with Gasteiger partial charge in [-0.3, -0.25) is 37.3 Å². The van der Waals surface area contributed by atoms with Crippen molar-refractivity contribution >= 4 is 39.5 Å². The predicted octanol–water partition coefficient (Wildman–Crippen LogP) is 21.3. The SMILES string of the molecule is CCC(C)CCCCCCCCCCCCC(=O)O[C@H](COC(=O)CCCCCCCCCC(C)C)COP(=O)(O)OCC(O)COP(=O)(O)OC[C@@H](COC(=O)CCCCCCCCCCC(C)CC)OC(=O)CCCCCCCCCCCCCCCCC(C)C. The van der Waals surface area contributed by atoms with E-state index in [0.717, 1.165) is 114 Å². The van der Waals surface area contributed by atoms with Crippen LogP contribution in [0.1, 0.15) is 370 Å². The number of esters is 4. The van der Waals surface area contributed by atoms with E-state index in [2.05, 4.69) is 55.4 Å². The average molecular weight is 1370 g/mol. The molecule has 0 aliphatic heterocycles. The molecule has 17 nitrogen and oxygen atoms in total. The van der Waals surface area contributed by atoms with Crippen molar-refractivity contribution in [3.05, 3.63) is 0 Å². The number of rotatable bonds is 71. The number of phosphoric ester groups is 2. The molecule has 0 aliphatic carbocycles. The highest BCUT2D eigenvalue weighted by Crippen LogP contribution is 2.45. The number of hydrogen-bond acceptors (Lipinski definition) is 15. The van der Waals surface area contributed by atoms with Gasteiger partial charge in [-0.05, 0) is 49.4 Å². The normalized spacial score (nSPS) is 14.8. The standard InChI is InChI=1S/C74H144O17P2/c1-9-66(7)52-44-36-28-20-17-18-22-32-41-49-57-74(79)91-70(61-85-72(77)55-47-39-33-25-27-35-43-51-65(5)6)63-89-93(82,83)87-59-68(75)58-86-92(80,81)88-62-69(60-84-71(76)54-46-38-30-24-23-29-37-45-53-67(8)10-2)90-73(78)56-48-40-31-21-16-14-12-11-13-15-19-26-34-42-50-64(3)4/h64-70,75H,9-63H2,1-8H3,(H,80,81)(H,82,83)/t66?,67?,68?,69-,70-/m1/s1. The van der Waals surface area contributed by atoms with Crippen LogP contribution in [0.25, 0.3) is 0 Å². The summed E-state index contributed by atoms with van der Waals surface area (Å²) < 4.78 is 68.5. The van der Waals surface area contributed by atoms with Crippen LogP contribution in [-0.2, 0) is 65.4 Å². The van der Waals surface area contributed by atoms with E-state index >= 15 is 0 Å². The molecule has 0 amide bonds. The molecule has 5 unspecified atom stereocenters. The summed E-state index contributed by atoms with van der Waals surface area (Å²) >= 11 is 0. The highest BCUT2D eigenvalue weighted by atomic mass is 31.2. The third-order valence-corrected chi connectivity index (χ3v) is 19.7. The van der Waals surface area contributed by atoms with Gasteiger partial charge < -0.3 is 33.8 Å². The number of carbonyl (C=O) groups is 4. The van der Waals surface area contributed by atoms with E-state index in [9.17, 15) is 43.2 Å². The molecule has 0 spiro atoms. The van der Waals surface area contributed by atoms with Crippen LogP contribution >= 0.6 is 15.6 Å². The van der Waals surface area contributed by atoms with Gasteiger partial charge in [0.2, 0.25) is 0 Å². The van der Waals surface area contributed by atoms with Crippen LogP contribution in [0.5, 0.6) is 0 Å². The summed E-state index contributed by atoms with van der Waals surface area (Å²) in [7, 11) is -9.91. The summed E-state index contributed by atoms with van der Waals surface area (Å²) in [6.07, 6.45) is 47.1. The molecule has 0 aromatic carbocycles. The smallest absolute Gasteiger partial charge is 0.462 e. The van der Waals surface area contributed by atoms with Gasteiger partial charge in [0.15, 0.2) is 12.2 Å². The van der Waals surface area contributed by atoms with Gasteiger partial charge in [0, 0.05) is 25.7 Å². The first-order valence-corrected chi connectivity index (χ1v) is 41.3. The molecule has 0 bridgehead atoms. The molecule has 0 saturated heterocycles. The number of unbranched alkanes of at least 4 members (excludes halogenated alkanes) is 35. The van der Waals surface area contributed by atoms with Crippen molar-refractivity contribution in [2.45, 2.75) is 388 Å². The Balaban J connectivity index is 5.26. The van der Waals surface area contributed by atoms with E-state index < -0.39 is 97.5 Å². The average Bonchev–Trinajstić information content (AvgIpc) is 2.43. The summed E-state index contributed by atoms with van der Waals surface area (Å²) in [5.74, 6) is 0.956. The minimum atomic E-state index is -4.96. The molecular formula is C74H144O17P2. The molecule has 0 heterocycles. The van der Waals surface area contributed by atoms with Crippen molar-refractivity contribution < 1.29 is 80.2 Å². The Labute approximate surface area is 568 Å². The summed E-state index contributed by atoms with van der Waals surface area (Å²) in [4.78, 5) is 72.7. The molecule has 0 rings (SSSR count). The zero-order valence-corrected chi connectivity index (χ0v) is 62.7. The second-order valence-corrected chi connectivity index (χ2v) is 31.0. The van der Waals surface area contributed by atoms with Crippen LogP contribution < -0.4 is 0 Å². The number of phosphoric acid groups is 2. The lowest BCUT2D eigenvalue weighted by atomic mass is 9.99. The van der Waals surface area contributed by atoms with Crippen molar-refractivity contribution in [3.8, 4) is 0 Å². The number of hydrogen-bond donors (Lipinski definition) is 3. The van der Waals surface area contributed by atoms with Gasteiger partial charge in [-0.25, -0.2) is 9.13 Å². The van der Waals surface area contributed by atoms with Crippen molar-refractivity contribution in [1.29, 1.82) is 0 Å². The second kappa shape index (κ2) is 63.5. The van der Waals surface area contributed by atoms with Gasteiger partial charge in [-0.2, -0.15) is 0 Å². The molecule has 0 radical (unpaired) electrons. The molecule has 93 heavy (non-hydrogen) atoms. The lowest BCUT2D eigenvalue weighted by molar-refractivity contribution is -0.161. The van der Waals surface area contributed by atoms with E-state index in [1.54, 1.807) is 0 Å². The number of aliphatic hydroxyl groups is 1. The third-order valence-electron chi connectivity index (χ3n) is 17.8. The number of carbonyl (C=O) groups excluding carboxylic acids is 4. The largest absolute Gasteiger partial charge is 0.472 e. The molecule has 0 fully saturated rings. The highest BCUT2D eigenvalue weighted by molar-refractivity contribution is 7.47. The maximum atomic E-state index is 13.1. The predicted molar refractivity (Wildman–Crippen MR) is 377 cm³/mol. The van der Waals surface area contributed by atoms with Crippen LogP contribution in [0.15, 0.2) is 0 Å². The Morgan fingerprint density at radius 2 is 0.516 bits per heavy atom. The van der Waals surface area contributed by atoms with Crippen LogP contribution in [0.3, 0.4) is 0 Å². The molecule has 0 aromatic rings. The Bertz CT molecular complexity index is 1840. The third kappa shape index (κ3) is 65.8. The van der Waals surface area contributed by atoms with Crippen LogP contribution in [0.4, 0.5) is 0 Å². The van der Waals surface area contributed by atoms with Gasteiger partial charge in [-0.15, -0.1) is 0 Å². The molecule has 552 valence electrons. The Hall–Kier alpha value is -1.94. The molecular weight excluding hydrogens is 1220 g/mol. The van der Waals surface area contributed by atoms with Gasteiger partial charge in [0.05, 0.1) is 26.4 Å². The molecule has 0 aliphatic rings. The summed E-state index contributed by atoms with van der Waals surface area (Å²) in [5, 5.41) is 10.6. The Morgan fingerprint density at radius 1 is 0.301 bits per heavy atom. The van der Waals surface area contributed by atoms with Crippen molar-refractivity contribution in [3.63, 3.8) is 0 Å². The van der Waals surface area contributed by atoms with E-state index in [-0.39, 0.29) is 25.7 Å². The molecule has 0 aromatic heterocycles. The second-order valence-electron chi connectivity index (χ2n) is 28.1. The first-order valence-electron chi connectivity index (χ1n) is 38.3. The van der Waals surface area contributed by atoms with Crippen molar-refractivity contribution in [2.75, 3.05) is 39.6 Å². The molecule has 0 saturated carbocycles. The van der Waals surface area contributed by atoms with Crippen molar-refractivity contribution in [2.24, 2.45) is 23.7 Å². The maximum Gasteiger partial charge on any atom is 0.472 e. The maximum absolute atomic E-state index is 13.1. The molecule has 19 heteroatoms. The lowest BCUT2D eigenvalue weighted by Gasteiger charge is -2.21. The van der Waals surface area contributed by atoms with Gasteiger partial charge in [0.1, 0.15) is 19.3 Å². The summed E-state index contributed by atoms with van der Waals surface area (Å²) in [6, 6.07) is 0. The van der Waals surface area contributed by atoms with E-state index in [1.807, 2.05) is 0 Å². The Morgan fingerprint density at radius 3 is 0.763 bits per heavy atom. The van der Waals surface area contributed by atoms with Crippen molar-refractivity contribution in [1.82, 2.24) is 0 Å². The van der Waals surface area contributed by atoms with E-state index in [4.69, 9.17) is 37.0 Å². The van der Waals surface area contributed by atoms with Gasteiger partial charge in [0.25, 0.3) is 0 Å². The summed E-state index contributed by atoms with van der Waals surface area (Å²) in [5.41, 5.74) is 0. The first-order chi connectivity index (χ1) is 44.7.